The van der Waals surface area contributed by atoms with Gasteiger partial charge in [-0.2, -0.15) is 0 Å². The van der Waals surface area contributed by atoms with Gasteiger partial charge < -0.3 is 15.1 Å². The molecule has 2 aliphatic heterocycles. The summed E-state index contributed by atoms with van der Waals surface area (Å²) in [4.78, 5) is 30.6. The molecule has 1 amide bonds. The molecule has 2 aromatic rings. The van der Waals surface area contributed by atoms with Gasteiger partial charge in [0.15, 0.2) is 0 Å². The number of hydrogen-bond donors (Lipinski definition) is 2. The van der Waals surface area contributed by atoms with Gasteiger partial charge >= 0.3 is 5.97 Å². The molecule has 2 aliphatic rings. The first kappa shape index (κ1) is 18.7. The fourth-order valence-corrected chi connectivity index (χ4v) is 4.77. The third-order valence-electron chi connectivity index (χ3n) is 5.29. The van der Waals surface area contributed by atoms with Crippen molar-refractivity contribution in [2.24, 2.45) is 5.92 Å². The van der Waals surface area contributed by atoms with Crippen LogP contribution >= 0.6 is 11.8 Å². The Bertz CT molecular complexity index is 941. The maximum Gasteiger partial charge on any atom is 0.352 e. The van der Waals surface area contributed by atoms with Crippen molar-refractivity contribution in [2.45, 2.75) is 36.1 Å². The first-order chi connectivity index (χ1) is 13.5. The van der Waals surface area contributed by atoms with Crippen LogP contribution in [0.2, 0.25) is 0 Å². The number of hydrogen-bond acceptors (Lipinski definition) is 5. The van der Waals surface area contributed by atoms with Crippen LogP contribution in [0.1, 0.15) is 24.5 Å². The number of rotatable bonds is 6. The third-order valence-corrected chi connectivity index (χ3v) is 6.37. The largest absolute Gasteiger partial charge is 0.477 e. The normalized spacial score (nSPS) is 22.1. The zero-order valence-corrected chi connectivity index (χ0v) is 16.1. The molecule has 0 saturated carbocycles. The molecule has 28 heavy (non-hydrogen) atoms. The summed E-state index contributed by atoms with van der Waals surface area (Å²) in [6, 6.07) is 11.4. The number of fused-ring (bicyclic) bond motifs is 1. The minimum atomic E-state index is -1.10. The third kappa shape index (κ3) is 3.21. The lowest BCUT2D eigenvalue weighted by molar-refractivity contribution is -0.161. The van der Waals surface area contributed by atoms with Crippen molar-refractivity contribution in [1.82, 2.24) is 9.88 Å². The highest BCUT2D eigenvalue weighted by molar-refractivity contribution is 7.98. The molecule has 144 valence electrons. The van der Waals surface area contributed by atoms with Gasteiger partial charge in [0.25, 0.3) is 0 Å². The smallest absolute Gasteiger partial charge is 0.352 e. The fraction of sp³-hybridized carbons (Fsp3) is 0.286. The predicted molar refractivity (Wildman–Crippen MR) is 105 cm³/mol. The van der Waals surface area contributed by atoms with Gasteiger partial charge in [0, 0.05) is 23.0 Å². The molecule has 6 nitrogen and oxygen atoms in total. The number of carboxylic acids is 1. The van der Waals surface area contributed by atoms with Gasteiger partial charge in [-0.15, -0.1) is 11.8 Å². The average molecular weight is 396 g/mol. The Morgan fingerprint density at radius 3 is 2.54 bits per heavy atom. The molecule has 1 aromatic carbocycles. The number of aliphatic carboxylic acids is 1. The van der Waals surface area contributed by atoms with E-state index in [2.05, 4.69) is 4.98 Å². The van der Waals surface area contributed by atoms with E-state index in [0.717, 1.165) is 21.8 Å². The van der Waals surface area contributed by atoms with Crippen molar-refractivity contribution < 1.29 is 19.8 Å². The number of carboxylic acid groups (broad SMARTS) is 1. The quantitative estimate of drug-likeness (QED) is 0.576. The van der Waals surface area contributed by atoms with E-state index in [1.54, 1.807) is 31.1 Å². The van der Waals surface area contributed by atoms with Gasteiger partial charge in [0.1, 0.15) is 5.70 Å². The van der Waals surface area contributed by atoms with Crippen LogP contribution in [0.4, 0.5) is 0 Å². The number of aromatic nitrogens is 1. The zero-order valence-electron chi connectivity index (χ0n) is 15.3. The topological polar surface area (TPSA) is 90.7 Å². The van der Waals surface area contributed by atoms with Crippen LogP contribution in [0, 0.1) is 5.92 Å². The van der Waals surface area contributed by atoms with Crippen molar-refractivity contribution in [2.75, 3.05) is 0 Å². The molecule has 0 radical (unpaired) electrons. The Labute approximate surface area is 166 Å². The lowest BCUT2D eigenvalue weighted by atomic mass is 9.82. The molecule has 4 rings (SSSR count). The molecule has 1 aromatic heterocycles. The number of nitrogens with zero attached hydrogens (tertiary/aromatic N) is 2. The van der Waals surface area contributed by atoms with E-state index in [-0.39, 0.29) is 17.6 Å². The fourth-order valence-electron chi connectivity index (χ4n) is 3.93. The lowest BCUT2D eigenvalue weighted by Crippen LogP contribution is -2.61. The standard InChI is InChI=1S/C21H20N2O4S/c1-12(24)18-17-10-16(19(21(26)27)23(17)20(18)25)14-4-2-13(3-5-14)11-28-15-6-8-22-9-7-15/h2-9,12,17-18,24H,10-11H2,1H3,(H,26,27)/t12-,17-,18-/m1/s1. The van der Waals surface area contributed by atoms with E-state index >= 15 is 0 Å². The summed E-state index contributed by atoms with van der Waals surface area (Å²) < 4.78 is 0. The van der Waals surface area contributed by atoms with Crippen molar-refractivity contribution >= 4 is 29.2 Å². The van der Waals surface area contributed by atoms with Crippen LogP contribution < -0.4 is 0 Å². The zero-order chi connectivity index (χ0) is 19.8. The summed E-state index contributed by atoms with van der Waals surface area (Å²) in [7, 11) is 0. The summed E-state index contributed by atoms with van der Waals surface area (Å²) in [5.41, 5.74) is 2.64. The number of β-lactam (4-membered cyclic amide) rings is 1. The van der Waals surface area contributed by atoms with E-state index in [9.17, 15) is 19.8 Å². The van der Waals surface area contributed by atoms with E-state index in [0.29, 0.717) is 12.0 Å². The maximum absolute atomic E-state index is 12.3. The van der Waals surface area contributed by atoms with Crippen LogP contribution in [0.15, 0.2) is 59.4 Å². The lowest BCUT2D eigenvalue weighted by Gasteiger charge is -2.44. The van der Waals surface area contributed by atoms with Crippen LogP contribution in [0.3, 0.4) is 0 Å². The van der Waals surface area contributed by atoms with Gasteiger partial charge in [0.2, 0.25) is 5.91 Å². The Kier molecular flexibility index (Phi) is 4.95. The second-order valence-corrected chi connectivity index (χ2v) is 8.10. The van der Waals surface area contributed by atoms with Gasteiger partial charge in [0.05, 0.1) is 18.1 Å². The minimum Gasteiger partial charge on any atom is -0.477 e. The Morgan fingerprint density at radius 1 is 1.25 bits per heavy atom. The van der Waals surface area contributed by atoms with Gasteiger partial charge in [-0.1, -0.05) is 24.3 Å². The van der Waals surface area contributed by atoms with Gasteiger partial charge in [-0.3, -0.25) is 9.78 Å². The summed E-state index contributed by atoms with van der Waals surface area (Å²) in [6.45, 7) is 1.58. The molecule has 3 heterocycles. The molecule has 7 heteroatoms. The van der Waals surface area contributed by atoms with Crippen molar-refractivity contribution in [1.29, 1.82) is 0 Å². The Balaban J connectivity index is 1.53. The number of amides is 1. The van der Waals surface area contributed by atoms with Crippen molar-refractivity contribution in [3.05, 3.63) is 65.6 Å². The van der Waals surface area contributed by atoms with Crippen LogP contribution in [0.5, 0.6) is 0 Å². The number of carbonyl (C=O) groups is 2. The molecular weight excluding hydrogens is 376 g/mol. The number of carbonyl (C=O) groups excluding carboxylic acids is 1. The van der Waals surface area contributed by atoms with E-state index < -0.39 is 18.0 Å². The molecule has 1 saturated heterocycles. The Morgan fingerprint density at radius 2 is 1.93 bits per heavy atom. The first-order valence-electron chi connectivity index (χ1n) is 9.07. The summed E-state index contributed by atoms with van der Waals surface area (Å²) >= 11 is 1.70. The second kappa shape index (κ2) is 7.41. The molecule has 0 aliphatic carbocycles. The van der Waals surface area contributed by atoms with E-state index in [1.807, 2.05) is 36.4 Å². The number of thioether (sulfide) groups is 1. The Hall–Kier alpha value is -2.64. The molecule has 0 bridgehead atoms. The number of benzene rings is 1. The molecule has 2 N–H and O–H groups in total. The summed E-state index contributed by atoms with van der Waals surface area (Å²) in [5.74, 6) is -1.14. The molecule has 3 atom stereocenters. The van der Waals surface area contributed by atoms with Gasteiger partial charge in [-0.05, 0) is 42.2 Å². The van der Waals surface area contributed by atoms with Crippen LogP contribution in [-0.2, 0) is 15.3 Å². The van der Waals surface area contributed by atoms with Crippen LogP contribution in [-0.4, -0.2) is 44.1 Å². The summed E-state index contributed by atoms with van der Waals surface area (Å²) in [6.07, 6.45) is 3.19. The highest BCUT2D eigenvalue weighted by Gasteiger charge is 2.56. The summed E-state index contributed by atoms with van der Waals surface area (Å²) in [5, 5.41) is 19.5. The van der Waals surface area contributed by atoms with Crippen molar-refractivity contribution in [3.8, 4) is 0 Å². The number of aliphatic hydroxyl groups is 1. The first-order valence-corrected chi connectivity index (χ1v) is 10.1. The maximum atomic E-state index is 12.3. The number of pyridine rings is 1. The molecule has 1 fully saturated rings. The predicted octanol–water partition coefficient (Wildman–Crippen LogP) is 2.78. The number of aliphatic hydroxyl groups excluding tert-OH is 1. The van der Waals surface area contributed by atoms with E-state index in [1.165, 1.54) is 4.90 Å². The highest BCUT2D eigenvalue weighted by Crippen LogP contribution is 2.46. The molecule has 0 spiro atoms. The monoisotopic (exact) mass is 396 g/mol. The second-order valence-electron chi connectivity index (χ2n) is 7.05. The SMILES string of the molecule is C[C@@H](O)[C@H]1C(=O)N2C(C(=O)O)=C(c3ccc(CSc4ccncc4)cc3)C[C@H]12. The van der Waals surface area contributed by atoms with Crippen molar-refractivity contribution in [3.63, 3.8) is 0 Å². The average Bonchev–Trinajstić information content (AvgIpc) is 3.02. The van der Waals surface area contributed by atoms with Crippen LogP contribution in [0.25, 0.3) is 5.57 Å². The molecule has 0 unspecified atom stereocenters. The highest BCUT2D eigenvalue weighted by atomic mass is 32.2. The molecular formula is C21H20N2O4S. The van der Waals surface area contributed by atoms with E-state index in [4.69, 9.17) is 0 Å². The van der Waals surface area contributed by atoms with Gasteiger partial charge in [-0.25, -0.2) is 4.79 Å². The minimum absolute atomic E-state index is 0.0470.